The average Bonchev–Trinajstić information content (AvgIpc) is 2.81. The number of nitrogen functional groups attached to an aromatic ring is 1. The Morgan fingerprint density at radius 3 is 2.81 bits per heavy atom. The zero-order valence-corrected chi connectivity index (χ0v) is 11.0. The zero-order valence-electron chi connectivity index (χ0n) is 9.34. The van der Waals surface area contributed by atoms with Crippen molar-refractivity contribution in [3.8, 4) is 0 Å². The highest BCUT2D eigenvalue weighted by molar-refractivity contribution is 8.01. The minimum atomic E-state index is 0.284. The molecule has 0 radical (unpaired) electrons. The van der Waals surface area contributed by atoms with Gasteiger partial charge in [-0.1, -0.05) is 0 Å². The summed E-state index contributed by atoms with van der Waals surface area (Å²) in [6.45, 7) is 6.07. The van der Waals surface area contributed by atoms with Crippen molar-refractivity contribution in [3.05, 3.63) is 12.0 Å². The Kier molecular flexibility index (Phi) is 3.15. The molecule has 2 N–H and O–H groups in total. The number of nitrogens with zero attached hydrogens (tertiary/aromatic N) is 4. The SMILES string of the molecule is Cc1nn(C(C)C)c(Sc2ncns2)c1N. The molecule has 0 aliphatic carbocycles. The van der Waals surface area contributed by atoms with E-state index in [2.05, 4.69) is 28.3 Å². The van der Waals surface area contributed by atoms with Crippen molar-refractivity contribution < 1.29 is 0 Å². The second-order valence-corrected chi connectivity index (χ2v) is 5.67. The van der Waals surface area contributed by atoms with E-state index < -0.39 is 0 Å². The van der Waals surface area contributed by atoms with Gasteiger partial charge >= 0.3 is 0 Å². The molecule has 0 aliphatic heterocycles. The van der Waals surface area contributed by atoms with Crippen LogP contribution in [0.2, 0.25) is 0 Å². The molecule has 0 atom stereocenters. The first-order valence-electron chi connectivity index (χ1n) is 4.88. The van der Waals surface area contributed by atoms with Crippen molar-refractivity contribution in [2.45, 2.75) is 36.2 Å². The maximum Gasteiger partial charge on any atom is 0.176 e. The number of aromatic nitrogens is 4. The number of nitrogens with two attached hydrogens (primary N) is 1. The molecule has 5 nitrogen and oxygen atoms in total. The predicted octanol–water partition coefficient (Wildman–Crippen LogP) is 2.36. The third-order valence-corrected chi connectivity index (χ3v) is 3.92. The number of aryl methyl sites for hydroxylation is 1. The van der Waals surface area contributed by atoms with Crippen LogP contribution in [0.15, 0.2) is 15.7 Å². The van der Waals surface area contributed by atoms with Crippen LogP contribution < -0.4 is 5.73 Å². The van der Waals surface area contributed by atoms with Crippen molar-refractivity contribution >= 4 is 29.0 Å². The lowest BCUT2D eigenvalue weighted by molar-refractivity contribution is 0.491. The maximum absolute atomic E-state index is 6.01. The summed E-state index contributed by atoms with van der Waals surface area (Å²) in [5.74, 6) is 0. The molecule has 2 aromatic rings. The second kappa shape index (κ2) is 4.42. The standard InChI is InChI=1S/C9H13N5S2/c1-5(2)14-8(7(10)6(3)13-14)15-9-11-4-12-16-9/h4-5H,10H2,1-3H3. The Hall–Kier alpha value is -1.08. The summed E-state index contributed by atoms with van der Waals surface area (Å²) in [6.07, 6.45) is 1.55. The Morgan fingerprint density at radius 1 is 1.50 bits per heavy atom. The van der Waals surface area contributed by atoms with Crippen LogP contribution in [0.5, 0.6) is 0 Å². The highest BCUT2D eigenvalue weighted by Gasteiger charge is 2.16. The average molecular weight is 255 g/mol. The van der Waals surface area contributed by atoms with Gasteiger partial charge < -0.3 is 5.73 Å². The monoisotopic (exact) mass is 255 g/mol. The van der Waals surface area contributed by atoms with Crippen molar-refractivity contribution in [2.24, 2.45) is 0 Å². The lowest BCUT2D eigenvalue weighted by Crippen LogP contribution is -2.04. The highest BCUT2D eigenvalue weighted by Crippen LogP contribution is 2.35. The van der Waals surface area contributed by atoms with Crippen LogP contribution in [0, 0.1) is 6.92 Å². The molecule has 2 aromatic heterocycles. The lowest BCUT2D eigenvalue weighted by Gasteiger charge is -2.09. The molecule has 0 fully saturated rings. The minimum absolute atomic E-state index is 0.284. The fourth-order valence-electron chi connectivity index (χ4n) is 1.28. The van der Waals surface area contributed by atoms with E-state index in [4.69, 9.17) is 5.73 Å². The maximum atomic E-state index is 6.01. The fraction of sp³-hybridized carbons (Fsp3) is 0.444. The third-order valence-electron chi connectivity index (χ3n) is 2.10. The van der Waals surface area contributed by atoms with E-state index in [1.54, 1.807) is 6.33 Å². The van der Waals surface area contributed by atoms with Gasteiger partial charge in [0.1, 0.15) is 11.4 Å². The molecule has 2 rings (SSSR count). The second-order valence-electron chi connectivity index (χ2n) is 3.65. The molecule has 2 heterocycles. The molecule has 16 heavy (non-hydrogen) atoms. The van der Waals surface area contributed by atoms with Crippen LogP contribution >= 0.6 is 23.3 Å². The number of hydrogen-bond donors (Lipinski definition) is 1. The van der Waals surface area contributed by atoms with Crippen LogP contribution in [-0.2, 0) is 0 Å². The summed E-state index contributed by atoms with van der Waals surface area (Å²) >= 11 is 2.88. The molecule has 0 spiro atoms. The van der Waals surface area contributed by atoms with Crippen LogP contribution in [0.3, 0.4) is 0 Å². The molecule has 86 valence electrons. The van der Waals surface area contributed by atoms with E-state index in [0.717, 1.165) is 20.7 Å². The Bertz CT molecular complexity index is 474. The van der Waals surface area contributed by atoms with E-state index in [9.17, 15) is 0 Å². The molecule has 0 saturated carbocycles. The first-order valence-corrected chi connectivity index (χ1v) is 6.47. The molecule has 0 aromatic carbocycles. The number of anilines is 1. The van der Waals surface area contributed by atoms with Crippen LogP contribution in [-0.4, -0.2) is 19.1 Å². The van der Waals surface area contributed by atoms with Gasteiger partial charge in [-0.3, -0.25) is 4.68 Å². The van der Waals surface area contributed by atoms with Crippen molar-refractivity contribution in [1.82, 2.24) is 19.1 Å². The first-order chi connectivity index (χ1) is 7.59. The van der Waals surface area contributed by atoms with Gasteiger partial charge in [-0.15, -0.1) is 0 Å². The molecular formula is C9H13N5S2. The molecule has 0 saturated heterocycles. The number of rotatable bonds is 3. The van der Waals surface area contributed by atoms with E-state index >= 15 is 0 Å². The van der Waals surface area contributed by atoms with Crippen LogP contribution in [0.1, 0.15) is 25.6 Å². The van der Waals surface area contributed by atoms with Gasteiger partial charge in [-0.05, 0) is 44.1 Å². The molecular weight excluding hydrogens is 242 g/mol. The quantitative estimate of drug-likeness (QED) is 0.911. The zero-order chi connectivity index (χ0) is 11.7. The number of hydrogen-bond acceptors (Lipinski definition) is 6. The van der Waals surface area contributed by atoms with Gasteiger partial charge in [0.2, 0.25) is 0 Å². The van der Waals surface area contributed by atoms with Gasteiger partial charge in [-0.25, -0.2) is 4.98 Å². The lowest BCUT2D eigenvalue weighted by atomic mass is 10.4. The van der Waals surface area contributed by atoms with Crippen LogP contribution in [0.25, 0.3) is 0 Å². The van der Waals surface area contributed by atoms with E-state index in [0.29, 0.717) is 0 Å². The van der Waals surface area contributed by atoms with E-state index in [1.165, 1.54) is 23.3 Å². The normalized spacial score (nSPS) is 11.2. The van der Waals surface area contributed by atoms with E-state index in [-0.39, 0.29) is 6.04 Å². The van der Waals surface area contributed by atoms with Crippen molar-refractivity contribution in [1.29, 1.82) is 0 Å². The Balaban J connectivity index is 2.38. The summed E-state index contributed by atoms with van der Waals surface area (Å²) in [7, 11) is 0. The van der Waals surface area contributed by atoms with Crippen molar-refractivity contribution in [2.75, 3.05) is 5.73 Å². The molecule has 0 amide bonds. The highest BCUT2D eigenvalue weighted by atomic mass is 32.2. The Morgan fingerprint density at radius 2 is 2.25 bits per heavy atom. The van der Waals surface area contributed by atoms with E-state index in [1.807, 2.05) is 11.6 Å². The molecule has 0 bridgehead atoms. The van der Waals surface area contributed by atoms with Gasteiger partial charge in [0.25, 0.3) is 0 Å². The molecule has 0 aliphatic rings. The predicted molar refractivity (Wildman–Crippen MR) is 65.8 cm³/mol. The first kappa shape index (κ1) is 11.4. The van der Waals surface area contributed by atoms with Crippen LogP contribution in [0.4, 0.5) is 5.69 Å². The molecule has 0 unspecified atom stereocenters. The van der Waals surface area contributed by atoms with Gasteiger partial charge in [0.05, 0.1) is 11.4 Å². The minimum Gasteiger partial charge on any atom is -0.395 e. The fourth-order valence-corrected chi connectivity index (χ4v) is 2.94. The van der Waals surface area contributed by atoms with Gasteiger partial charge in [0, 0.05) is 6.04 Å². The smallest absolute Gasteiger partial charge is 0.176 e. The van der Waals surface area contributed by atoms with Gasteiger partial charge in [0.15, 0.2) is 4.34 Å². The summed E-state index contributed by atoms with van der Waals surface area (Å²) in [5, 5.41) is 5.37. The topological polar surface area (TPSA) is 69.6 Å². The third kappa shape index (κ3) is 2.05. The molecule has 7 heteroatoms. The van der Waals surface area contributed by atoms with Gasteiger partial charge in [-0.2, -0.15) is 9.47 Å². The summed E-state index contributed by atoms with van der Waals surface area (Å²) in [6, 6.07) is 0.284. The summed E-state index contributed by atoms with van der Waals surface area (Å²) in [5.41, 5.74) is 7.60. The Labute approximate surface area is 102 Å². The summed E-state index contributed by atoms with van der Waals surface area (Å²) in [4.78, 5) is 4.14. The largest absolute Gasteiger partial charge is 0.395 e. The summed E-state index contributed by atoms with van der Waals surface area (Å²) < 4.78 is 6.78. The van der Waals surface area contributed by atoms with Crippen molar-refractivity contribution in [3.63, 3.8) is 0 Å².